The number of benzene rings is 1. The number of anilines is 1. The fraction of sp³-hybridized carbons (Fsp3) is 0.308. The van der Waals surface area contributed by atoms with Gasteiger partial charge in [-0.3, -0.25) is 9.48 Å². The van der Waals surface area contributed by atoms with Crippen LogP contribution in [0.15, 0.2) is 29.1 Å². The lowest BCUT2D eigenvalue weighted by Gasteiger charge is -2.11. The Morgan fingerprint density at radius 2 is 1.89 bits per heavy atom. The molecule has 0 saturated heterocycles. The van der Waals surface area contributed by atoms with Crippen molar-refractivity contribution in [1.29, 1.82) is 0 Å². The second kappa shape index (κ2) is 4.60. The third-order valence-corrected chi connectivity index (χ3v) is 3.06. The topological polar surface area (TPSA) is 62.2 Å². The average Bonchev–Trinajstić information content (AvgIpc) is 2.63. The van der Waals surface area contributed by atoms with Gasteiger partial charge in [-0.1, -0.05) is 0 Å². The van der Waals surface area contributed by atoms with E-state index in [0.29, 0.717) is 12.2 Å². The average molecular weight is 247 g/mol. The summed E-state index contributed by atoms with van der Waals surface area (Å²) >= 11 is 0. The summed E-state index contributed by atoms with van der Waals surface area (Å²) in [4.78, 5) is 12.1. The minimum absolute atomic E-state index is 0.181. The smallest absolute Gasteiger partial charge is 0.294 e. The quantitative estimate of drug-likeness (QED) is 0.895. The van der Waals surface area contributed by atoms with Gasteiger partial charge >= 0.3 is 0 Å². The summed E-state index contributed by atoms with van der Waals surface area (Å²) in [7, 11) is 1.61. The maximum absolute atomic E-state index is 12.1. The van der Waals surface area contributed by atoms with E-state index in [-0.39, 0.29) is 5.56 Å². The van der Waals surface area contributed by atoms with Gasteiger partial charge in [-0.05, 0) is 38.1 Å². The van der Waals surface area contributed by atoms with Crippen molar-refractivity contribution in [2.24, 2.45) is 0 Å². The van der Waals surface area contributed by atoms with Gasteiger partial charge in [0.05, 0.1) is 18.5 Å². The lowest BCUT2D eigenvalue weighted by Crippen LogP contribution is -2.21. The molecule has 0 fully saturated rings. The molecule has 96 valence electrons. The molecule has 1 aromatic carbocycles. The van der Waals surface area contributed by atoms with Crippen molar-refractivity contribution in [2.75, 3.05) is 12.8 Å². The predicted molar refractivity (Wildman–Crippen MR) is 71.4 cm³/mol. The first kappa shape index (κ1) is 12.3. The molecule has 0 aliphatic carbocycles. The zero-order chi connectivity index (χ0) is 13.3. The number of methoxy groups -OCH3 is 1. The highest BCUT2D eigenvalue weighted by Gasteiger charge is 2.14. The second-order valence-corrected chi connectivity index (χ2v) is 4.03. The van der Waals surface area contributed by atoms with Crippen LogP contribution in [0.25, 0.3) is 5.69 Å². The molecule has 18 heavy (non-hydrogen) atoms. The van der Waals surface area contributed by atoms with E-state index in [1.807, 2.05) is 42.8 Å². The molecule has 0 unspecified atom stereocenters. The predicted octanol–water partition coefficient (Wildman–Crippen LogP) is 1.56. The fourth-order valence-corrected chi connectivity index (χ4v) is 2.03. The highest BCUT2D eigenvalue weighted by Crippen LogP contribution is 2.16. The van der Waals surface area contributed by atoms with Gasteiger partial charge in [0.15, 0.2) is 0 Å². The van der Waals surface area contributed by atoms with Gasteiger partial charge in [-0.25, -0.2) is 4.68 Å². The molecule has 0 spiro atoms. The third-order valence-electron chi connectivity index (χ3n) is 3.06. The molecule has 2 rings (SSSR count). The van der Waals surface area contributed by atoms with Crippen molar-refractivity contribution < 1.29 is 4.74 Å². The minimum Gasteiger partial charge on any atom is -0.497 e. The van der Waals surface area contributed by atoms with E-state index in [9.17, 15) is 4.79 Å². The Bertz CT molecular complexity index is 608. The fourth-order valence-electron chi connectivity index (χ4n) is 2.03. The Kier molecular flexibility index (Phi) is 3.14. The molecular formula is C13H17N3O2. The highest BCUT2D eigenvalue weighted by molar-refractivity contribution is 5.45. The minimum atomic E-state index is -0.181. The number of aromatic nitrogens is 2. The summed E-state index contributed by atoms with van der Waals surface area (Å²) in [6.07, 6.45) is 0. The maximum atomic E-state index is 12.1. The Morgan fingerprint density at radius 1 is 1.28 bits per heavy atom. The van der Waals surface area contributed by atoms with Crippen LogP contribution >= 0.6 is 0 Å². The number of ether oxygens (including phenoxy) is 1. The van der Waals surface area contributed by atoms with Crippen molar-refractivity contribution >= 4 is 5.69 Å². The van der Waals surface area contributed by atoms with E-state index in [0.717, 1.165) is 17.1 Å². The number of nitrogen functional groups attached to an aromatic ring is 1. The van der Waals surface area contributed by atoms with Crippen LogP contribution in [0, 0.1) is 6.92 Å². The zero-order valence-corrected chi connectivity index (χ0v) is 10.8. The SMILES string of the molecule is CCn1c(C)c(N)c(=O)n1-c1ccc(OC)cc1. The van der Waals surface area contributed by atoms with Gasteiger partial charge in [-0.2, -0.15) is 0 Å². The lowest BCUT2D eigenvalue weighted by atomic mass is 10.3. The Hall–Kier alpha value is -2.17. The monoisotopic (exact) mass is 247 g/mol. The van der Waals surface area contributed by atoms with Crippen molar-refractivity contribution in [1.82, 2.24) is 9.36 Å². The van der Waals surface area contributed by atoms with Crippen LogP contribution in [0.5, 0.6) is 5.75 Å². The normalized spacial score (nSPS) is 10.6. The number of hydrogen-bond acceptors (Lipinski definition) is 3. The Morgan fingerprint density at radius 3 is 2.39 bits per heavy atom. The molecule has 1 heterocycles. The Labute approximate surface area is 105 Å². The molecule has 0 aliphatic heterocycles. The molecule has 0 atom stereocenters. The second-order valence-electron chi connectivity index (χ2n) is 4.03. The summed E-state index contributed by atoms with van der Waals surface area (Å²) in [5.41, 5.74) is 7.48. The van der Waals surface area contributed by atoms with Crippen LogP contribution in [0.2, 0.25) is 0 Å². The van der Waals surface area contributed by atoms with E-state index in [4.69, 9.17) is 10.5 Å². The number of hydrogen-bond donors (Lipinski definition) is 1. The molecule has 5 heteroatoms. The van der Waals surface area contributed by atoms with E-state index >= 15 is 0 Å². The maximum Gasteiger partial charge on any atom is 0.294 e. The largest absolute Gasteiger partial charge is 0.497 e. The molecule has 5 nitrogen and oxygen atoms in total. The van der Waals surface area contributed by atoms with E-state index < -0.39 is 0 Å². The van der Waals surface area contributed by atoms with Crippen LogP contribution in [-0.2, 0) is 6.54 Å². The first-order valence-corrected chi connectivity index (χ1v) is 5.82. The molecule has 0 radical (unpaired) electrons. The molecular weight excluding hydrogens is 230 g/mol. The van der Waals surface area contributed by atoms with Gasteiger partial charge in [0.2, 0.25) is 0 Å². The molecule has 0 aliphatic rings. The zero-order valence-electron chi connectivity index (χ0n) is 10.8. The van der Waals surface area contributed by atoms with Crippen molar-refractivity contribution in [2.45, 2.75) is 20.4 Å². The van der Waals surface area contributed by atoms with Crippen LogP contribution < -0.4 is 16.0 Å². The third kappa shape index (κ3) is 1.77. The van der Waals surface area contributed by atoms with Gasteiger partial charge in [0.1, 0.15) is 11.4 Å². The first-order chi connectivity index (χ1) is 8.60. The van der Waals surface area contributed by atoms with E-state index in [2.05, 4.69) is 0 Å². The summed E-state index contributed by atoms with van der Waals surface area (Å²) in [6, 6.07) is 7.32. The van der Waals surface area contributed by atoms with Crippen molar-refractivity contribution in [3.63, 3.8) is 0 Å². The molecule has 2 N–H and O–H groups in total. The number of nitrogens with zero attached hydrogens (tertiary/aromatic N) is 2. The van der Waals surface area contributed by atoms with Crippen molar-refractivity contribution in [3.8, 4) is 11.4 Å². The molecule has 0 bridgehead atoms. The summed E-state index contributed by atoms with van der Waals surface area (Å²) < 4.78 is 8.55. The van der Waals surface area contributed by atoms with Gasteiger partial charge in [-0.15, -0.1) is 0 Å². The van der Waals surface area contributed by atoms with E-state index in [1.165, 1.54) is 0 Å². The molecule has 2 aromatic rings. The van der Waals surface area contributed by atoms with Gasteiger partial charge < -0.3 is 10.5 Å². The first-order valence-electron chi connectivity index (χ1n) is 5.82. The van der Waals surface area contributed by atoms with Crippen molar-refractivity contribution in [3.05, 3.63) is 40.3 Å². The van der Waals surface area contributed by atoms with Crippen LogP contribution in [-0.4, -0.2) is 16.5 Å². The highest BCUT2D eigenvalue weighted by atomic mass is 16.5. The van der Waals surface area contributed by atoms with Crippen LogP contribution in [0.3, 0.4) is 0 Å². The molecule has 0 amide bonds. The molecule has 1 aromatic heterocycles. The molecule has 0 saturated carbocycles. The van der Waals surface area contributed by atoms with Gasteiger partial charge in [0, 0.05) is 6.54 Å². The number of rotatable bonds is 3. The van der Waals surface area contributed by atoms with Crippen LogP contribution in [0.4, 0.5) is 5.69 Å². The summed E-state index contributed by atoms with van der Waals surface area (Å²) in [5.74, 6) is 0.756. The summed E-state index contributed by atoms with van der Waals surface area (Å²) in [6.45, 7) is 4.51. The van der Waals surface area contributed by atoms with Gasteiger partial charge in [0.25, 0.3) is 5.56 Å². The summed E-state index contributed by atoms with van der Waals surface area (Å²) in [5, 5.41) is 0. The van der Waals surface area contributed by atoms with E-state index in [1.54, 1.807) is 11.8 Å². The lowest BCUT2D eigenvalue weighted by molar-refractivity contribution is 0.414. The Balaban J connectivity index is 2.62. The number of nitrogens with two attached hydrogens (primary N) is 1. The van der Waals surface area contributed by atoms with Crippen LogP contribution in [0.1, 0.15) is 12.6 Å². The standard InChI is InChI=1S/C13H17N3O2/c1-4-15-9(2)12(14)13(17)16(15)10-5-7-11(18-3)8-6-10/h5-8H,4,14H2,1-3H3.